The van der Waals surface area contributed by atoms with Gasteiger partial charge in [0.2, 0.25) is 0 Å². The Morgan fingerprint density at radius 2 is 2.05 bits per heavy atom. The van der Waals surface area contributed by atoms with E-state index in [1.54, 1.807) is 18.2 Å². The Balaban J connectivity index is 2.00. The normalized spacial score (nSPS) is 10.4. The predicted molar refractivity (Wildman–Crippen MR) is 74.1 cm³/mol. The summed E-state index contributed by atoms with van der Waals surface area (Å²) in [6.07, 6.45) is 0.0312. The van der Waals surface area contributed by atoms with Crippen molar-refractivity contribution in [3.05, 3.63) is 51.5 Å². The van der Waals surface area contributed by atoms with E-state index in [0.29, 0.717) is 12.2 Å². The van der Waals surface area contributed by atoms with Crippen LogP contribution in [0.15, 0.2) is 30.3 Å². The first kappa shape index (κ1) is 13.5. The molecule has 0 atom stereocenters. The van der Waals surface area contributed by atoms with Gasteiger partial charge in [0.05, 0.1) is 12.1 Å². The topological polar surface area (TPSA) is 49.3 Å². The molecule has 0 aliphatic rings. The van der Waals surface area contributed by atoms with Crippen molar-refractivity contribution in [3.8, 4) is 0 Å². The lowest BCUT2D eigenvalue weighted by Gasteiger charge is -2.07. The van der Waals surface area contributed by atoms with Crippen LogP contribution < -0.4 is 5.32 Å². The van der Waals surface area contributed by atoms with Crippen LogP contribution in [0.4, 0.5) is 10.1 Å². The summed E-state index contributed by atoms with van der Waals surface area (Å²) in [4.78, 5) is 12.4. The maximum atomic E-state index is 13.5. The number of rotatable bonds is 5. The molecule has 19 heavy (non-hydrogen) atoms. The largest absolute Gasteiger partial charge is 0.481 e. The highest BCUT2D eigenvalue weighted by Gasteiger charge is 2.06. The molecule has 0 radical (unpaired) electrons. The van der Waals surface area contributed by atoms with Crippen molar-refractivity contribution in [3.63, 3.8) is 0 Å². The first-order valence-corrected chi connectivity index (χ1v) is 6.65. The number of halogens is 1. The summed E-state index contributed by atoms with van der Waals surface area (Å²) in [6.45, 7) is 2.39. The fraction of sp³-hybridized carbons (Fsp3) is 0.214. The SMILES string of the molecule is Cc1ccc(F)c(NCc2ccc(CC(=O)O)s2)c1. The average Bonchev–Trinajstić information content (AvgIpc) is 2.77. The molecule has 1 aromatic heterocycles. The Kier molecular flexibility index (Phi) is 4.16. The number of aliphatic carboxylic acids is 1. The highest BCUT2D eigenvalue weighted by molar-refractivity contribution is 7.12. The molecule has 0 saturated heterocycles. The minimum absolute atomic E-state index is 0.0312. The highest BCUT2D eigenvalue weighted by Crippen LogP contribution is 2.20. The molecule has 1 heterocycles. The predicted octanol–water partition coefficient (Wildman–Crippen LogP) is 3.43. The number of hydrogen-bond acceptors (Lipinski definition) is 3. The van der Waals surface area contributed by atoms with E-state index in [2.05, 4.69) is 5.32 Å². The van der Waals surface area contributed by atoms with Crippen molar-refractivity contribution in [2.45, 2.75) is 19.9 Å². The minimum Gasteiger partial charge on any atom is -0.481 e. The number of aryl methyl sites for hydroxylation is 1. The molecule has 0 saturated carbocycles. The van der Waals surface area contributed by atoms with Crippen LogP contribution in [0.1, 0.15) is 15.3 Å². The maximum Gasteiger partial charge on any atom is 0.308 e. The van der Waals surface area contributed by atoms with Crippen LogP contribution >= 0.6 is 11.3 Å². The first-order chi connectivity index (χ1) is 9.04. The van der Waals surface area contributed by atoms with Crippen molar-refractivity contribution < 1.29 is 14.3 Å². The van der Waals surface area contributed by atoms with Crippen molar-refractivity contribution in [1.29, 1.82) is 0 Å². The van der Waals surface area contributed by atoms with Crippen molar-refractivity contribution in [2.75, 3.05) is 5.32 Å². The summed E-state index contributed by atoms with van der Waals surface area (Å²) >= 11 is 1.42. The summed E-state index contributed by atoms with van der Waals surface area (Å²) in [5.41, 5.74) is 1.45. The molecule has 0 unspecified atom stereocenters. The van der Waals surface area contributed by atoms with E-state index in [1.165, 1.54) is 17.4 Å². The second-order valence-electron chi connectivity index (χ2n) is 4.28. The molecule has 5 heteroatoms. The molecule has 3 nitrogen and oxygen atoms in total. The quantitative estimate of drug-likeness (QED) is 0.881. The Morgan fingerprint density at radius 1 is 1.32 bits per heavy atom. The Bertz CT molecular complexity index is 595. The average molecular weight is 279 g/mol. The lowest BCUT2D eigenvalue weighted by atomic mass is 10.2. The van der Waals surface area contributed by atoms with Gasteiger partial charge in [0, 0.05) is 16.3 Å². The Morgan fingerprint density at radius 3 is 2.79 bits per heavy atom. The molecule has 0 amide bonds. The zero-order valence-electron chi connectivity index (χ0n) is 10.4. The number of anilines is 1. The highest BCUT2D eigenvalue weighted by atomic mass is 32.1. The first-order valence-electron chi connectivity index (χ1n) is 5.84. The molecule has 0 aliphatic carbocycles. The smallest absolute Gasteiger partial charge is 0.308 e. The van der Waals surface area contributed by atoms with Crippen LogP contribution in [-0.2, 0) is 17.8 Å². The van der Waals surface area contributed by atoms with E-state index >= 15 is 0 Å². The van der Waals surface area contributed by atoms with Gasteiger partial charge in [0.1, 0.15) is 5.82 Å². The van der Waals surface area contributed by atoms with E-state index in [1.807, 2.05) is 13.0 Å². The van der Waals surface area contributed by atoms with E-state index in [9.17, 15) is 9.18 Å². The molecule has 2 rings (SSSR count). The molecule has 1 aromatic carbocycles. The third-order valence-electron chi connectivity index (χ3n) is 2.62. The van der Waals surface area contributed by atoms with Crippen molar-refractivity contribution in [2.24, 2.45) is 0 Å². The van der Waals surface area contributed by atoms with E-state index in [4.69, 9.17) is 5.11 Å². The summed E-state index contributed by atoms with van der Waals surface area (Å²) in [7, 11) is 0. The Labute approximate surface area is 114 Å². The second-order valence-corrected chi connectivity index (χ2v) is 5.53. The zero-order chi connectivity index (χ0) is 13.8. The number of thiophene rings is 1. The van der Waals surface area contributed by atoms with Gasteiger partial charge in [-0.25, -0.2) is 4.39 Å². The van der Waals surface area contributed by atoms with Gasteiger partial charge >= 0.3 is 5.97 Å². The fourth-order valence-electron chi connectivity index (χ4n) is 1.72. The van der Waals surface area contributed by atoms with Crippen LogP contribution in [0.25, 0.3) is 0 Å². The molecular weight excluding hydrogens is 265 g/mol. The standard InChI is InChI=1S/C14H14FNO2S/c1-9-2-5-12(15)13(6-9)16-8-11-4-3-10(19-11)7-14(17)18/h2-6,16H,7-8H2,1H3,(H,17,18). The second kappa shape index (κ2) is 5.84. The number of benzene rings is 1. The lowest BCUT2D eigenvalue weighted by molar-refractivity contribution is -0.136. The molecule has 2 aromatic rings. The van der Waals surface area contributed by atoms with Gasteiger partial charge in [-0.2, -0.15) is 0 Å². The molecule has 0 aliphatic heterocycles. The molecular formula is C14H14FNO2S. The van der Waals surface area contributed by atoms with Gasteiger partial charge in [0.25, 0.3) is 0 Å². The van der Waals surface area contributed by atoms with E-state index in [0.717, 1.165) is 15.3 Å². The maximum absolute atomic E-state index is 13.5. The summed E-state index contributed by atoms with van der Waals surface area (Å²) in [5, 5.41) is 11.7. The number of carboxylic acid groups (broad SMARTS) is 1. The third-order valence-corrected chi connectivity index (χ3v) is 3.70. The van der Waals surface area contributed by atoms with Crippen LogP contribution in [0, 0.1) is 12.7 Å². The minimum atomic E-state index is -0.842. The number of carbonyl (C=O) groups is 1. The molecule has 0 fully saturated rings. The van der Waals surface area contributed by atoms with Crippen molar-refractivity contribution >= 4 is 23.0 Å². The summed E-state index contributed by atoms with van der Waals surface area (Å²) in [5.74, 6) is -1.13. The number of hydrogen-bond donors (Lipinski definition) is 2. The van der Waals surface area contributed by atoms with Crippen LogP contribution in [0.2, 0.25) is 0 Å². The molecule has 100 valence electrons. The molecule has 0 bridgehead atoms. The van der Waals surface area contributed by atoms with E-state index < -0.39 is 5.97 Å². The van der Waals surface area contributed by atoms with Gasteiger partial charge in [0.15, 0.2) is 0 Å². The molecule has 2 N–H and O–H groups in total. The van der Waals surface area contributed by atoms with E-state index in [-0.39, 0.29) is 12.2 Å². The van der Waals surface area contributed by atoms with Crippen LogP contribution in [0.5, 0.6) is 0 Å². The van der Waals surface area contributed by atoms with Crippen LogP contribution in [0.3, 0.4) is 0 Å². The van der Waals surface area contributed by atoms with Gasteiger partial charge in [-0.3, -0.25) is 4.79 Å². The summed E-state index contributed by atoms with van der Waals surface area (Å²) in [6, 6.07) is 8.56. The van der Waals surface area contributed by atoms with Gasteiger partial charge in [-0.15, -0.1) is 11.3 Å². The monoisotopic (exact) mass is 279 g/mol. The summed E-state index contributed by atoms with van der Waals surface area (Å²) < 4.78 is 13.5. The number of carboxylic acids is 1. The van der Waals surface area contributed by atoms with Crippen LogP contribution in [-0.4, -0.2) is 11.1 Å². The van der Waals surface area contributed by atoms with Crippen molar-refractivity contribution in [1.82, 2.24) is 0 Å². The van der Waals surface area contributed by atoms with Gasteiger partial charge in [-0.05, 0) is 36.8 Å². The van der Waals surface area contributed by atoms with Gasteiger partial charge in [-0.1, -0.05) is 6.07 Å². The lowest BCUT2D eigenvalue weighted by Crippen LogP contribution is -2.00. The van der Waals surface area contributed by atoms with Gasteiger partial charge < -0.3 is 10.4 Å². The third kappa shape index (κ3) is 3.79. The number of nitrogens with one attached hydrogen (secondary N) is 1. The Hall–Kier alpha value is -1.88. The fourth-order valence-corrected chi connectivity index (χ4v) is 2.67. The molecule has 0 spiro atoms. The zero-order valence-corrected chi connectivity index (χ0v) is 11.3.